The molecule has 144 valence electrons. The lowest BCUT2D eigenvalue weighted by molar-refractivity contribution is -0.122. The van der Waals surface area contributed by atoms with E-state index in [2.05, 4.69) is 17.6 Å². The smallest absolute Gasteiger partial charge is 0.265 e. The van der Waals surface area contributed by atoms with E-state index in [1.165, 1.54) is 0 Å². The maximum atomic E-state index is 12.7. The van der Waals surface area contributed by atoms with Crippen molar-refractivity contribution in [3.05, 3.63) is 59.7 Å². The van der Waals surface area contributed by atoms with Gasteiger partial charge in [0.1, 0.15) is 5.75 Å². The number of aryl methyl sites for hydroxylation is 1. The van der Waals surface area contributed by atoms with Gasteiger partial charge in [-0.05, 0) is 43.5 Å². The van der Waals surface area contributed by atoms with Crippen molar-refractivity contribution in [1.82, 2.24) is 5.32 Å². The number of benzene rings is 2. The summed E-state index contributed by atoms with van der Waals surface area (Å²) in [5, 5.41) is 5.73. The van der Waals surface area contributed by atoms with Crippen molar-refractivity contribution in [3.8, 4) is 5.75 Å². The number of hydrogen-bond donors (Lipinski definition) is 2. The Labute approximate surface area is 161 Å². The van der Waals surface area contributed by atoms with Gasteiger partial charge >= 0.3 is 0 Å². The van der Waals surface area contributed by atoms with Crippen LogP contribution in [0.15, 0.2) is 48.5 Å². The molecule has 0 aliphatic rings. The van der Waals surface area contributed by atoms with E-state index in [1.54, 1.807) is 24.3 Å². The second kappa shape index (κ2) is 10.4. The summed E-state index contributed by atoms with van der Waals surface area (Å²) in [6.07, 6.45) is 1.81. The fourth-order valence-corrected chi connectivity index (χ4v) is 2.64. The fourth-order valence-electron chi connectivity index (χ4n) is 2.64. The van der Waals surface area contributed by atoms with Crippen molar-refractivity contribution in [1.29, 1.82) is 0 Å². The van der Waals surface area contributed by atoms with Crippen LogP contribution in [-0.4, -0.2) is 24.5 Å². The Morgan fingerprint density at radius 3 is 2.44 bits per heavy atom. The molecule has 0 saturated carbocycles. The Morgan fingerprint density at radius 2 is 1.74 bits per heavy atom. The van der Waals surface area contributed by atoms with Gasteiger partial charge in [0.15, 0.2) is 6.10 Å². The zero-order valence-corrected chi connectivity index (χ0v) is 16.2. The predicted molar refractivity (Wildman–Crippen MR) is 108 cm³/mol. The van der Waals surface area contributed by atoms with E-state index >= 15 is 0 Å². The molecular formula is C22H28N2O3. The lowest BCUT2D eigenvalue weighted by atomic mass is 10.1. The third-order valence-corrected chi connectivity index (χ3v) is 4.27. The summed E-state index contributed by atoms with van der Waals surface area (Å²) >= 11 is 0. The lowest BCUT2D eigenvalue weighted by Gasteiger charge is -2.19. The van der Waals surface area contributed by atoms with E-state index in [1.807, 2.05) is 38.1 Å². The van der Waals surface area contributed by atoms with Gasteiger partial charge in [-0.3, -0.25) is 9.59 Å². The predicted octanol–water partition coefficient (Wildman–Crippen LogP) is 4.32. The summed E-state index contributed by atoms with van der Waals surface area (Å²) in [4.78, 5) is 25.1. The third-order valence-electron chi connectivity index (χ3n) is 4.27. The number of para-hydroxylation sites is 2. The largest absolute Gasteiger partial charge is 0.480 e. The maximum absolute atomic E-state index is 12.7. The molecule has 5 heteroatoms. The number of anilines is 1. The average molecular weight is 368 g/mol. The van der Waals surface area contributed by atoms with Crippen LogP contribution in [0.1, 0.15) is 49.0 Å². The Morgan fingerprint density at radius 1 is 1.04 bits per heavy atom. The third kappa shape index (κ3) is 5.84. The number of rotatable bonds is 9. The van der Waals surface area contributed by atoms with Gasteiger partial charge in [-0.2, -0.15) is 0 Å². The molecule has 0 aliphatic heterocycles. The maximum Gasteiger partial charge on any atom is 0.265 e. The van der Waals surface area contributed by atoms with Crippen molar-refractivity contribution >= 4 is 17.5 Å². The topological polar surface area (TPSA) is 67.4 Å². The van der Waals surface area contributed by atoms with Crippen molar-refractivity contribution in [2.24, 2.45) is 0 Å². The van der Waals surface area contributed by atoms with Crippen molar-refractivity contribution in [3.63, 3.8) is 0 Å². The second-order valence-electron chi connectivity index (χ2n) is 6.42. The number of unbranched alkanes of at least 4 members (excludes halogenated alkanes) is 1. The number of carbonyl (C=O) groups excluding carboxylic acids is 2. The summed E-state index contributed by atoms with van der Waals surface area (Å²) in [6, 6.07) is 14.6. The minimum absolute atomic E-state index is 0.188. The zero-order valence-electron chi connectivity index (χ0n) is 16.2. The van der Waals surface area contributed by atoms with E-state index in [9.17, 15) is 9.59 Å². The van der Waals surface area contributed by atoms with Crippen molar-refractivity contribution < 1.29 is 14.3 Å². The normalized spacial score (nSPS) is 11.5. The highest BCUT2D eigenvalue weighted by Crippen LogP contribution is 2.21. The van der Waals surface area contributed by atoms with Crippen LogP contribution in [0.25, 0.3) is 0 Å². The number of carbonyl (C=O) groups is 2. The molecule has 0 fully saturated rings. The summed E-state index contributed by atoms with van der Waals surface area (Å²) in [7, 11) is 0. The van der Waals surface area contributed by atoms with Crippen molar-refractivity contribution in [2.45, 2.75) is 46.1 Å². The summed E-state index contributed by atoms with van der Waals surface area (Å²) < 4.78 is 5.90. The molecule has 0 aliphatic carbocycles. The van der Waals surface area contributed by atoms with Crippen LogP contribution in [0.3, 0.4) is 0 Å². The first kappa shape index (κ1) is 20.5. The number of ether oxygens (including phenoxy) is 1. The first-order valence-corrected chi connectivity index (χ1v) is 9.47. The van der Waals surface area contributed by atoms with E-state index < -0.39 is 6.10 Å². The molecule has 0 aromatic heterocycles. The van der Waals surface area contributed by atoms with Crippen LogP contribution in [0, 0.1) is 6.92 Å². The number of nitrogens with one attached hydrogen (secondary N) is 2. The molecule has 27 heavy (non-hydrogen) atoms. The van der Waals surface area contributed by atoms with Crippen molar-refractivity contribution in [2.75, 3.05) is 11.9 Å². The first-order valence-electron chi connectivity index (χ1n) is 9.47. The highest BCUT2D eigenvalue weighted by atomic mass is 16.5. The molecule has 2 rings (SSSR count). The van der Waals surface area contributed by atoms with E-state index in [0.717, 1.165) is 18.4 Å². The molecule has 2 amide bonds. The number of amides is 2. The number of hydrogen-bond acceptors (Lipinski definition) is 3. The Kier molecular flexibility index (Phi) is 7.86. The van der Waals surface area contributed by atoms with Crippen LogP contribution in [-0.2, 0) is 4.79 Å². The molecule has 5 nitrogen and oxygen atoms in total. The Bertz CT molecular complexity index is 774. The van der Waals surface area contributed by atoms with Gasteiger partial charge in [0.05, 0.1) is 11.3 Å². The van der Waals surface area contributed by atoms with Gasteiger partial charge in [0, 0.05) is 6.54 Å². The van der Waals surface area contributed by atoms with Crippen LogP contribution in [0.2, 0.25) is 0 Å². The molecule has 0 radical (unpaired) electrons. The molecule has 0 saturated heterocycles. The lowest BCUT2D eigenvalue weighted by Crippen LogP contribution is -2.33. The van der Waals surface area contributed by atoms with E-state index in [-0.39, 0.29) is 11.8 Å². The quantitative estimate of drug-likeness (QED) is 0.648. The SMILES string of the molecule is CCCCNC(=O)c1ccccc1NC(=O)[C@@H](CC)Oc1ccccc1C. The molecule has 2 aromatic carbocycles. The highest BCUT2D eigenvalue weighted by molar-refractivity contribution is 6.04. The van der Waals surface area contributed by atoms with Gasteiger partial charge in [-0.25, -0.2) is 0 Å². The molecule has 0 heterocycles. The second-order valence-corrected chi connectivity index (χ2v) is 6.42. The van der Waals surface area contributed by atoms with Gasteiger partial charge < -0.3 is 15.4 Å². The molecule has 0 spiro atoms. The Hall–Kier alpha value is -2.82. The molecule has 0 unspecified atom stereocenters. The summed E-state index contributed by atoms with van der Waals surface area (Å²) in [6.45, 7) is 6.52. The van der Waals surface area contributed by atoms with Crippen LogP contribution in [0.5, 0.6) is 5.75 Å². The minimum Gasteiger partial charge on any atom is -0.480 e. The molecule has 2 aromatic rings. The minimum atomic E-state index is -0.637. The van der Waals surface area contributed by atoms with E-state index in [4.69, 9.17) is 4.74 Å². The fraction of sp³-hybridized carbons (Fsp3) is 0.364. The van der Waals surface area contributed by atoms with Gasteiger partial charge in [0.25, 0.3) is 11.8 Å². The molecular weight excluding hydrogens is 340 g/mol. The molecule has 0 bridgehead atoms. The van der Waals surface area contributed by atoms with Gasteiger partial charge in [-0.15, -0.1) is 0 Å². The average Bonchev–Trinajstić information content (AvgIpc) is 2.67. The highest BCUT2D eigenvalue weighted by Gasteiger charge is 2.21. The summed E-state index contributed by atoms with van der Waals surface area (Å²) in [5.41, 5.74) is 1.91. The summed E-state index contributed by atoms with van der Waals surface area (Å²) in [5.74, 6) is 0.229. The Balaban J connectivity index is 2.09. The van der Waals surface area contributed by atoms with E-state index in [0.29, 0.717) is 30.0 Å². The zero-order chi connectivity index (χ0) is 19.6. The van der Waals surface area contributed by atoms with Crippen LogP contribution < -0.4 is 15.4 Å². The van der Waals surface area contributed by atoms with Gasteiger partial charge in [-0.1, -0.05) is 50.6 Å². The van der Waals surface area contributed by atoms with Gasteiger partial charge in [0.2, 0.25) is 0 Å². The monoisotopic (exact) mass is 368 g/mol. The molecule has 1 atom stereocenters. The van der Waals surface area contributed by atoms with Crippen LogP contribution >= 0.6 is 0 Å². The first-order chi connectivity index (χ1) is 13.1. The standard InChI is InChI=1S/C22H28N2O3/c1-4-6-15-23-21(25)17-12-8-9-13-18(17)24-22(26)19(5-2)27-20-14-10-7-11-16(20)3/h7-14,19H,4-6,15H2,1-3H3,(H,23,25)(H,24,26)/t19-/m1/s1. The molecule has 2 N–H and O–H groups in total. The van der Waals surface area contributed by atoms with Crippen LogP contribution in [0.4, 0.5) is 5.69 Å².